The van der Waals surface area contributed by atoms with E-state index in [1.54, 1.807) is 24.3 Å². The number of Topliss-reactive ketones (excluding diaryl/α,β-unsaturated/α-hetero) is 2. The van der Waals surface area contributed by atoms with Crippen LogP contribution in [0, 0.1) is 0 Å². The lowest BCUT2D eigenvalue weighted by molar-refractivity contribution is 0.0814. The van der Waals surface area contributed by atoms with Crippen LogP contribution in [0.15, 0.2) is 84.9 Å². The van der Waals surface area contributed by atoms with Gasteiger partial charge < -0.3 is 0 Å². The second kappa shape index (κ2) is 6.35. The predicted molar refractivity (Wildman–Crippen MR) is 107 cm³/mol. The molecule has 4 nitrogen and oxygen atoms in total. The summed E-state index contributed by atoms with van der Waals surface area (Å²) in [5.41, 5.74) is 4.87. The van der Waals surface area contributed by atoms with Crippen LogP contribution in [0.2, 0.25) is 0 Å². The van der Waals surface area contributed by atoms with E-state index in [0.29, 0.717) is 22.5 Å². The maximum Gasteiger partial charge on any atom is 0.235 e. The van der Waals surface area contributed by atoms with Crippen LogP contribution in [0.1, 0.15) is 20.7 Å². The van der Waals surface area contributed by atoms with E-state index in [1.165, 1.54) is 0 Å². The Bertz CT molecular complexity index is 1130. The highest BCUT2D eigenvalue weighted by Gasteiger charge is 2.33. The summed E-state index contributed by atoms with van der Waals surface area (Å²) in [7, 11) is 0. The molecule has 1 aliphatic rings. The standard InChI is InChI=1S/C24H14N2O2/c27-23-17-11-13-19(15-7-3-1-4-8-15)25-21(17)22-18(24(23)28)12-14-20(26-22)16-9-5-2-6-10-16/h1-14H. The number of ketones is 2. The first-order valence-electron chi connectivity index (χ1n) is 8.95. The number of hydrogen-bond donors (Lipinski definition) is 0. The Hall–Kier alpha value is -3.92. The van der Waals surface area contributed by atoms with Crippen molar-refractivity contribution in [3.63, 3.8) is 0 Å². The zero-order valence-electron chi connectivity index (χ0n) is 14.8. The molecule has 0 spiro atoms. The van der Waals surface area contributed by atoms with Crippen molar-refractivity contribution in [1.29, 1.82) is 0 Å². The molecule has 132 valence electrons. The fraction of sp³-hybridized carbons (Fsp3) is 0. The van der Waals surface area contributed by atoms with E-state index in [0.717, 1.165) is 22.5 Å². The van der Waals surface area contributed by atoms with E-state index < -0.39 is 11.6 Å². The van der Waals surface area contributed by atoms with Crippen LogP contribution in [0.3, 0.4) is 0 Å². The number of benzene rings is 2. The lowest BCUT2D eigenvalue weighted by Crippen LogP contribution is -2.23. The molecule has 4 heteroatoms. The van der Waals surface area contributed by atoms with E-state index in [4.69, 9.17) is 9.97 Å². The van der Waals surface area contributed by atoms with Gasteiger partial charge in [-0.15, -0.1) is 0 Å². The van der Waals surface area contributed by atoms with Crippen LogP contribution in [-0.4, -0.2) is 21.5 Å². The van der Waals surface area contributed by atoms with Crippen molar-refractivity contribution < 1.29 is 9.59 Å². The number of rotatable bonds is 2. The monoisotopic (exact) mass is 362 g/mol. The molecule has 2 aromatic heterocycles. The number of pyridine rings is 2. The van der Waals surface area contributed by atoms with Gasteiger partial charge >= 0.3 is 0 Å². The Kier molecular flexibility index (Phi) is 3.69. The first kappa shape index (κ1) is 16.3. The van der Waals surface area contributed by atoms with Gasteiger partial charge in [0.05, 0.1) is 22.5 Å². The molecule has 0 aliphatic heterocycles. The molecule has 0 atom stereocenters. The summed E-state index contributed by atoms with van der Waals surface area (Å²) in [6.07, 6.45) is 0. The van der Waals surface area contributed by atoms with E-state index in [-0.39, 0.29) is 0 Å². The summed E-state index contributed by atoms with van der Waals surface area (Å²) in [5, 5.41) is 0. The summed E-state index contributed by atoms with van der Waals surface area (Å²) in [5.74, 6) is -1.08. The Labute approximate surface area is 161 Å². The van der Waals surface area contributed by atoms with Gasteiger partial charge in [-0.1, -0.05) is 60.7 Å². The Morgan fingerprint density at radius 2 is 0.857 bits per heavy atom. The minimum absolute atomic E-state index is 0.301. The summed E-state index contributed by atoms with van der Waals surface area (Å²) >= 11 is 0. The van der Waals surface area contributed by atoms with Crippen LogP contribution in [0.25, 0.3) is 33.9 Å². The number of hydrogen-bond acceptors (Lipinski definition) is 4. The van der Waals surface area contributed by atoms with Crippen molar-refractivity contribution in [2.24, 2.45) is 0 Å². The fourth-order valence-corrected chi connectivity index (χ4v) is 3.43. The van der Waals surface area contributed by atoms with Crippen LogP contribution in [0.4, 0.5) is 0 Å². The predicted octanol–water partition coefficient (Wildman–Crippen LogP) is 4.86. The molecule has 4 aromatic rings. The van der Waals surface area contributed by atoms with Gasteiger partial charge in [-0.2, -0.15) is 0 Å². The average Bonchev–Trinajstić information content (AvgIpc) is 2.78. The summed E-state index contributed by atoms with van der Waals surface area (Å²) < 4.78 is 0. The van der Waals surface area contributed by atoms with Crippen LogP contribution in [0.5, 0.6) is 0 Å². The lowest BCUT2D eigenvalue weighted by atomic mass is 9.89. The minimum Gasteiger partial charge on any atom is -0.285 e. The van der Waals surface area contributed by atoms with Gasteiger partial charge in [0.2, 0.25) is 11.6 Å². The number of nitrogens with zero attached hydrogens (tertiary/aromatic N) is 2. The maximum absolute atomic E-state index is 12.6. The van der Waals surface area contributed by atoms with Gasteiger partial charge in [-0.05, 0) is 24.3 Å². The lowest BCUT2D eigenvalue weighted by Gasteiger charge is -2.18. The van der Waals surface area contributed by atoms with E-state index >= 15 is 0 Å². The average molecular weight is 362 g/mol. The highest BCUT2D eigenvalue weighted by molar-refractivity contribution is 6.52. The van der Waals surface area contributed by atoms with Crippen LogP contribution >= 0.6 is 0 Å². The number of carbonyl (C=O) groups is 2. The molecule has 0 amide bonds. The molecule has 0 unspecified atom stereocenters. The molecule has 2 aromatic carbocycles. The third kappa shape index (κ3) is 2.55. The highest BCUT2D eigenvalue weighted by Crippen LogP contribution is 2.34. The summed E-state index contributed by atoms with van der Waals surface area (Å²) in [6.45, 7) is 0. The summed E-state index contributed by atoms with van der Waals surface area (Å²) in [6, 6.07) is 26.3. The fourth-order valence-electron chi connectivity index (χ4n) is 3.43. The molecule has 0 bridgehead atoms. The number of aromatic nitrogens is 2. The maximum atomic E-state index is 12.6. The first-order valence-corrected chi connectivity index (χ1v) is 8.95. The van der Waals surface area contributed by atoms with Gasteiger partial charge in [0.15, 0.2) is 0 Å². The zero-order chi connectivity index (χ0) is 19.1. The van der Waals surface area contributed by atoms with E-state index in [2.05, 4.69) is 0 Å². The number of fused-ring (bicyclic) bond motifs is 3. The second-order valence-corrected chi connectivity index (χ2v) is 6.58. The van der Waals surface area contributed by atoms with Crippen molar-refractivity contribution in [3.05, 3.63) is 96.1 Å². The van der Waals surface area contributed by atoms with Crippen molar-refractivity contribution in [2.45, 2.75) is 0 Å². The Balaban J connectivity index is 1.73. The molecule has 28 heavy (non-hydrogen) atoms. The molecule has 0 fully saturated rings. The van der Waals surface area contributed by atoms with Crippen molar-refractivity contribution in [3.8, 4) is 33.9 Å². The smallest absolute Gasteiger partial charge is 0.235 e. The molecule has 0 radical (unpaired) electrons. The van der Waals surface area contributed by atoms with Gasteiger partial charge in [0.1, 0.15) is 11.4 Å². The molecular weight excluding hydrogens is 348 g/mol. The third-order valence-electron chi connectivity index (χ3n) is 4.85. The van der Waals surface area contributed by atoms with Gasteiger partial charge in [0.25, 0.3) is 0 Å². The quantitative estimate of drug-likeness (QED) is 0.478. The molecule has 5 rings (SSSR count). The van der Waals surface area contributed by atoms with Crippen LogP contribution < -0.4 is 0 Å². The van der Waals surface area contributed by atoms with Crippen molar-refractivity contribution >= 4 is 11.6 Å². The topological polar surface area (TPSA) is 59.9 Å². The zero-order valence-corrected chi connectivity index (χ0v) is 14.8. The second-order valence-electron chi connectivity index (χ2n) is 6.58. The Morgan fingerprint density at radius 3 is 1.25 bits per heavy atom. The highest BCUT2D eigenvalue weighted by atomic mass is 16.2. The van der Waals surface area contributed by atoms with Crippen LogP contribution in [-0.2, 0) is 0 Å². The number of carbonyl (C=O) groups excluding carboxylic acids is 2. The molecular formula is C24H14N2O2. The Morgan fingerprint density at radius 1 is 0.464 bits per heavy atom. The van der Waals surface area contributed by atoms with Gasteiger partial charge in [-0.3, -0.25) is 9.59 Å². The van der Waals surface area contributed by atoms with Crippen molar-refractivity contribution in [2.75, 3.05) is 0 Å². The molecule has 2 heterocycles. The SMILES string of the molecule is O=C1C(=O)c2ccc(-c3ccccc3)nc2-c2nc(-c3ccccc3)ccc21. The van der Waals surface area contributed by atoms with E-state index in [9.17, 15) is 9.59 Å². The van der Waals surface area contributed by atoms with Gasteiger partial charge in [0, 0.05) is 11.1 Å². The largest absolute Gasteiger partial charge is 0.285 e. The van der Waals surface area contributed by atoms with Gasteiger partial charge in [-0.25, -0.2) is 9.97 Å². The van der Waals surface area contributed by atoms with Crippen molar-refractivity contribution in [1.82, 2.24) is 9.97 Å². The first-order chi connectivity index (χ1) is 13.7. The molecule has 0 saturated carbocycles. The summed E-state index contributed by atoms with van der Waals surface area (Å²) in [4.78, 5) is 34.5. The molecule has 1 aliphatic carbocycles. The molecule has 0 N–H and O–H groups in total. The van der Waals surface area contributed by atoms with E-state index in [1.807, 2.05) is 60.7 Å². The normalized spacial score (nSPS) is 12.4. The third-order valence-corrected chi connectivity index (χ3v) is 4.85. The molecule has 0 saturated heterocycles. The minimum atomic E-state index is -0.538.